The van der Waals surface area contributed by atoms with Gasteiger partial charge in [-0.05, 0) is 73.1 Å². The summed E-state index contributed by atoms with van der Waals surface area (Å²) in [5.74, 6) is -0.122. The molecular formula is C37H36F3N5O2. The Bertz CT molecular complexity index is 1850. The summed E-state index contributed by atoms with van der Waals surface area (Å²) in [6, 6.07) is 26.4. The van der Waals surface area contributed by atoms with Crippen LogP contribution in [0.3, 0.4) is 0 Å². The Morgan fingerprint density at radius 2 is 1.64 bits per heavy atom. The molecule has 0 unspecified atom stereocenters. The number of halogens is 3. The molecule has 0 aliphatic heterocycles. The lowest BCUT2D eigenvalue weighted by Crippen LogP contribution is -2.40. The van der Waals surface area contributed by atoms with Crippen LogP contribution in [-0.2, 0) is 17.5 Å². The highest BCUT2D eigenvalue weighted by molar-refractivity contribution is 6.08. The molecule has 2 amide bonds. The van der Waals surface area contributed by atoms with Gasteiger partial charge in [0.25, 0.3) is 5.91 Å². The van der Waals surface area contributed by atoms with Crippen molar-refractivity contribution in [1.29, 1.82) is 0 Å². The van der Waals surface area contributed by atoms with Crippen molar-refractivity contribution in [3.8, 4) is 11.3 Å². The molecule has 0 aliphatic rings. The van der Waals surface area contributed by atoms with Crippen LogP contribution in [0.1, 0.15) is 52.9 Å². The summed E-state index contributed by atoms with van der Waals surface area (Å²) >= 11 is 0. The van der Waals surface area contributed by atoms with E-state index in [1.165, 1.54) is 18.3 Å². The number of nitrogens with one attached hydrogen (secondary N) is 1. The van der Waals surface area contributed by atoms with Crippen LogP contribution in [0.2, 0.25) is 0 Å². The monoisotopic (exact) mass is 639 g/mol. The van der Waals surface area contributed by atoms with Crippen molar-refractivity contribution in [2.45, 2.75) is 38.5 Å². The van der Waals surface area contributed by atoms with E-state index < -0.39 is 23.7 Å². The molecule has 3 aromatic carbocycles. The van der Waals surface area contributed by atoms with E-state index in [0.717, 1.165) is 41.5 Å². The lowest BCUT2D eigenvalue weighted by molar-refractivity contribution is -0.137. The molecule has 242 valence electrons. The van der Waals surface area contributed by atoms with E-state index in [1.807, 2.05) is 73.6 Å². The number of pyridine rings is 2. The molecule has 1 atom stereocenters. The number of nitrogens with zero attached hydrogens (tertiary/aromatic N) is 4. The number of unbranched alkanes of at least 4 members (excludes halogenated alkanes) is 1. The quantitative estimate of drug-likeness (QED) is 0.159. The molecule has 7 nitrogen and oxygen atoms in total. The first-order valence-electron chi connectivity index (χ1n) is 15.4. The Labute approximate surface area is 272 Å². The molecule has 0 spiro atoms. The normalized spacial score (nSPS) is 12.2. The van der Waals surface area contributed by atoms with Crippen molar-refractivity contribution in [3.05, 3.63) is 126 Å². The lowest BCUT2D eigenvalue weighted by atomic mass is 10.0. The second-order valence-electron chi connectivity index (χ2n) is 11.5. The summed E-state index contributed by atoms with van der Waals surface area (Å²) in [7, 11) is 3.80. The Kier molecular flexibility index (Phi) is 10.3. The molecule has 0 fully saturated rings. The maximum absolute atomic E-state index is 13.6. The van der Waals surface area contributed by atoms with Crippen LogP contribution in [-0.4, -0.2) is 52.2 Å². The second-order valence-corrected chi connectivity index (χ2v) is 11.5. The molecule has 5 aromatic rings. The number of amides is 2. The maximum atomic E-state index is 13.6. The number of carbonyl (C=O) groups excluding carboxylic acids is 2. The number of rotatable bonds is 11. The van der Waals surface area contributed by atoms with Gasteiger partial charge in [-0.25, -0.2) is 4.98 Å². The predicted octanol–water partition coefficient (Wildman–Crippen LogP) is 8.00. The smallest absolute Gasteiger partial charge is 0.344 e. The first kappa shape index (κ1) is 33.3. The van der Waals surface area contributed by atoms with Crippen LogP contribution >= 0.6 is 0 Å². The van der Waals surface area contributed by atoms with Crippen LogP contribution < -0.4 is 5.32 Å². The summed E-state index contributed by atoms with van der Waals surface area (Å²) in [4.78, 5) is 39.6. The van der Waals surface area contributed by atoms with Crippen molar-refractivity contribution in [1.82, 2.24) is 19.8 Å². The number of benzene rings is 3. The van der Waals surface area contributed by atoms with Crippen LogP contribution in [0.4, 0.5) is 19.0 Å². The highest BCUT2D eigenvalue weighted by atomic mass is 19.4. The fourth-order valence-corrected chi connectivity index (χ4v) is 5.48. The van der Waals surface area contributed by atoms with Gasteiger partial charge in [0.15, 0.2) is 0 Å². The van der Waals surface area contributed by atoms with Crippen molar-refractivity contribution in [2.24, 2.45) is 0 Å². The SMILES string of the molecule is CCCCN(C)C(=O)[C@H](c1ccccc1)N(C)Cc1ccc2nc(NC(=O)c3cccnc3-c3ccc(C(F)(F)F)cc3)ccc2c1. The summed E-state index contributed by atoms with van der Waals surface area (Å²) in [5, 5.41) is 3.66. The molecule has 0 bridgehead atoms. The minimum atomic E-state index is -4.46. The number of aromatic nitrogens is 2. The first-order chi connectivity index (χ1) is 22.5. The van der Waals surface area contributed by atoms with E-state index in [2.05, 4.69) is 22.2 Å². The zero-order valence-corrected chi connectivity index (χ0v) is 26.5. The Morgan fingerprint density at radius 3 is 2.34 bits per heavy atom. The van der Waals surface area contributed by atoms with Gasteiger partial charge < -0.3 is 10.2 Å². The Balaban J connectivity index is 1.32. The van der Waals surface area contributed by atoms with Crippen LogP contribution in [0.15, 0.2) is 103 Å². The van der Waals surface area contributed by atoms with Crippen molar-refractivity contribution < 1.29 is 22.8 Å². The summed E-state index contributed by atoms with van der Waals surface area (Å²) < 4.78 is 39.1. The number of hydrogen-bond donors (Lipinski definition) is 1. The molecule has 1 N–H and O–H groups in total. The fraction of sp³-hybridized carbons (Fsp3) is 0.243. The zero-order chi connectivity index (χ0) is 33.6. The van der Waals surface area contributed by atoms with E-state index in [0.29, 0.717) is 30.0 Å². The number of alkyl halides is 3. The molecule has 2 aromatic heterocycles. The highest BCUT2D eigenvalue weighted by Gasteiger charge is 2.30. The van der Waals surface area contributed by atoms with Gasteiger partial charge in [-0.3, -0.25) is 19.5 Å². The molecule has 10 heteroatoms. The second kappa shape index (κ2) is 14.6. The molecule has 0 saturated heterocycles. The lowest BCUT2D eigenvalue weighted by Gasteiger charge is -2.31. The van der Waals surface area contributed by atoms with Crippen LogP contribution in [0, 0.1) is 0 Å². The number of likely N-dealkylation sites (N-methyl/N-ethyl adjacent to an activating group) is 2. The summed E-state index contributed by atoms with van der Waals surface area (Å²) in [5.41, 5.74) is 2.67. The van der Waals surface area contributed by atoms with Gasteiger partial charge in [0, 0.05) is 37.3 Å². The predicted molar refractivity (Wildman–Crippen MR) is 178 cm³/mol. The third kappa shape index (κ3) is 8.01. The van der Waals surface area contributed by atoms with E-state index in [9.17, 15) is 22.8 Å². The van der Waals surface area contributed by atoms with Gasteiger partial charge in [0.2, 0.25) is 5.91 Å². The first-order valence-corrected chi connectivity index (χ1v) is 15.4. The average molecular weight is 640 g/mol. The molecule has 0 saturated carbocycles. The summed E-state index contributed by atoms with van der Waals surface area (Å²) in [6.07, 6.45) is -1.03. The molecular weight excluding hydrogens is 603 g/mol. The molecule has 0 aliphatic carbocycles. The molecule has 0 radical (unpaired) electrons. The molecule has 5 rings (SSSR count). The largest absolute Gasteiger partial charge is 0.416 e. The minimum Gasteiger partial charge on any atom is -0.344 e. The van der Waals surface area contributed by atoms with Crippen molar-refractivity contribution in [2.75, 3.05) is 26.0 Å². The molecule has 47 heavy (non-hydrogen) atoms. The highest BCUT2D eigenvalue weighted by Crippen LogP contribution is 2.32. The van der Waals surface area contributed by atoms with Crippen molar-refractivity contribution in [3.63, 3.8) is 0 Å². The van der Waals surface area contributed by atoms with E-state index in [1.54, 1.807) is 23.1 Å². The average Bonchev–Trinajstić information content (AvgIpc) is 3.07. The standard InChI is InChI=1S/C37H36F3N5O2/c1-4-5-22-44(2)36(47)34(27-10-7-6-8-11-27)45(3)24-25-13-19-31-28(23-25)16-20-32(42-31)43-35(46)30-12-9-21-41-33(30)26-14-17-29(18-15-26)37(38,39)40/h6-21,23,34H,4-5,22,24H2,1-3H3,(H,42,43,46)/t34-/m0/s1. The van der Waals surface area contributed by atoms with Crippen LogP contribution in [0.25, 0.3) is 22.2 Å². The van der Waals surface area contributed by atoms with E-state index >= 15 is 0 Å². The molecule has 2 heterocycles. The van der Waals surface area contributed by atoms with E-state index in [4.69, 9.17) is 0 Å². The number of fused-ring (bicyclic) bond motifs is 1. The topological polar surface area (TPSA) is 78.4 Å². The van der Waals surface area contributed by atoms with Gasteiger partial charge in [-0.15, -0.1) is 0 Å². The minimum absolute atomic E-state index is 0.0464. The van der Waals surface area contributed by atoms with Gasteiger partial charge in [-0.1, -0.05) is 61.9 Å². The van der Waals surface area contributed by atoms with Gasteiger partial charge in [0.1, 0.15) is 11.9 Å². The Morgan fingerprint density at radius 1 is 0.894 bits per heavy atom. The number of carbonyl (C=O) groups is 2. The van der Waals surface area contributed by atoms with Gasteiger partial charge >= 0.3 is 6.18 Å². The van der Waals surface area contributed by atoms with Gasteiger partial charge in [-0.2, -0.15) is 13.2 Å². The summed E-state index contributed by atoms with van der Waals surface area (Å²) in [6.45, 7) is 3.33. The van der Waals surface area contributed by atoms with E-state index in [-0.39, 0.29) is 17.2 Å². The maximum Gasteiger partial charge on any atom is 0.416 e. The zero-order valence-electron chi connectivity index (χ0n) is 26.5. The third-order valence-electron chi connectivity index (χ3n) is 7.98. The number of anilines is 1. The van der Waals surface area contributed by atoms with Crippen molar-refractivity contribution >= 4 is 28.5 Å². The Hall–Kier alpha value is -5.09. The number of hydrogen-bond acceptors (Lipinski definition) is 5. The van der Waals surface area contributed by atoms with Crippen LogP contribution in [0.5, 0.6) is 0 Å². The van der Waals surface area contributed by atoms with Gasteiger partial charge in [0.05, 0.1) is 22.3 Å². The fourth-order valence-electron chi connectivity index (χ4n) is 5.48. The third-order valence-corrected chi connectivity index (χ3v) is 7.98.